The van der Waals surface area contributed by atoms with Crippen molar-refractivity contribution in [3.63, 3.8) is 0 Å². The Kier molecular flexibility index (Phi) is 18.1. The zero-order valence-corrected chi connectivity index (χ0v) is 43.6. The number of fused-ring (bicyclic) bond motifs is 8. The summed E-state index contributed by atoms with van der Waals surface area (Å²) in [5.74, 6) is -11.9. The number of amides is 5. The summed E-state index contributed by atoms with van der Waals surface area (Å²) in [5.41, 5.74) is 9.00. The van der Waals surface area contributed by atoms with Crippen LogP contribution in [0.15, 0.2) is 18.2 Å². The van der Waals surface area contributed by atoms with E-state index in [1.54, 1.807) is 6.92 Å². The van der Waals surface area contributed by atoms with Gasteiger partial charge in [0.1, 0.15) is 39.3 Å². The number of carboxylic acid groups (broad SMARTS) is 4. The molecule has 2 aromatic heterocycles. The Morgan fingerprint density at radius 3 is 1.76 bits per heavy atom. The van der Waals surface area contributed by atoms with Gasteiger partial charge >= 0.3 is 23.9 Å². The fourth-order valence-electron chi connectivity index (χ4n) is 10.0. The Labute approximate surface area is 433 Å². The van der Waals surface area contributed by atoms with E-state index >= 15 is 4.79 Å². The van der Waals surface area contributed by atoms with Crippen LogP contribution >= 0.6 is 0 Å². The predicted molar refractivity (Wildman–Crippen MR) is 274 cm³/mol. The van der Waals surface area contributed by atoms with Crippen molar-refractivity contribution in [3.8, 4) is 0 Å². The number of aryl methyl sites for hydroxylation is 1. The first-order valence-corrected chi connectivity index (χ1v) is 25.2. The van der Waals surface area contributed by atoms with E-state index in [4.69, 9.17) is 14.7 Å². The van der Waals surface area contributed by atoms with Crippen LogP contribution in [-0.2, 0) is 38.3 Å². The molecule has 4 aliphatic rings. The van der Waals surface area contributed by atoms with Crippen LogP contribution in [0.4, 0.5) is 0 Å². The van der Waals surface area contributed by atoms with E-state index in [9.17, 15) is 58.8 Å². The van der Waals surface area contributed by atoms with Crippen LogP contribution in [0.3, 0.4) is 0 Å². The molecule has 2 aromatic rings. The molecular weight excluding hydrogens is 973 g/mol. The number of aromatic amines is 2. The van der Waals surface area contributed by atoms with Crippen LogP contribution in [0.2, 0.25) is 0 Å². The molecule has 6 heterocycles. The quantitative estimate of drug-likeness (QED) is 0.0542. The van der Waals surface area contributed by atoms with Crippen molar-refractivity contribution in [1.82, 2.24) is 39.5 Å². The normalized spacial score (nSPS) is 16.0. The SMILES string of the molecule is CCCCOC(C)C1=C(C)c2cc3[nH]c(c4c5[nH]c(cc6nc(cc1n2)C(C)=C6CC)c(C)c5C(=O)N(CCCC)C4=O)[C@@H](CCC(=O)N(CC(=O)N(CC(=O)O)CC(=O)O)CC(=O)N(CC(=O)O)CC(=O)O)[C@@H]3C. The Balaban J connectivity index is 1.57. The van der Waals surface area contributed by atoms with Crippen molar-refractivity contribution >= 4 is 86.7 Å². The molecule has 5 amide bonds. The van der Waals surface area contributed by atoms with Gasteiger partial charge in [0, 0.05) is 53.9 Å². The lowest BCUT2D eigenvalue weighted by Crippen LogP contribution is -2.50. The van der Waals surface area contributed by atoms with Gasteiger partial charge in [-0.3, -0.25) is 48.1 Å². The van der Waals surface area contributed by atoms with E-state index in [1.807, 2.05) is 59.7 Å². The molecule has 3 atom stereocenters. The smallest absolute Gasteiger partial charge is 0.323 e. The van der Waals surface area contributed by atoms with E-state index < -0.39 is 111 Å². The van der Waals surface area contributed by atoms with Gasteiger partial charge in [-0.05, 0) is 93.9 Å². The molecule has 0 saturated carbocycles. The number of aromatic nitrogens is 4. The van der Waals surface area contributed by atoms with Crippen molar-refractivity contribution in [2.75, 3.05) is 52.4 Å². The van der Waals surface area contributed by atoms with Gasteiger partial charge in [-0.25, -0.2) is 9.97 Å². The number of hydrogen-bond acceptors (Lipinski definition) is 12. The van der Waals surface area contributed by atoms with Crippen LogP contribution in [0.5, 0.6) is 0 Å². The summed E-state index contributed by atoms with van der Waals surface area (Å²) >= 11 is 0. The van der Waals surface area contributed by atoms with Crippen molar-refractivity contribution in [1.29, 1.82) is 0 Å². The molecule has 4 aliphatic heterocycles. The molecule has 1 unspecified atom stereocenters. The molecule has 402 valence electrons. The van der Waals surface area contributed by atoms with Crippen LogP contribution in [0.25, 0.3) is 33.3 Å². The van der Waals surface area contributed by atoms with Gasteiger partial charge < -0.3 is 49.8 Å². The molecule has 0 fully saturated rings. The Bertz CT molecular complexity index is 2880. The highest BCUT2D eigenvalue weighted by Crippen LogP contribution is 2.45. The summed E-state index contributed by atoms with van der Waals surface area (Å²) in [4.78, 5) is 138. The highest BCUT2D eigenvalue weighted by molar-refractivity contribution is 6.23. The monoisotopic (exact) mass is 1040 g/mol. The van der Waals surface area contributed by atoms with E-state index in [2.05, 4.69) is 16.9 Å². The van der Waals surface area contributed by atoms with Crippen molar-refractivity contribution < 1.29 is 68.3 Å². The number of rotatable bonds is 24. The molecule has 6 rings (SSSR count). The molecule has 0 radical (unpaired) electrons. The molecule has 75 heavy (non-hydrogen) atoms. The maximum absolute atomic E-state index is 15.1. The second-order valence-corrected chi connectivity index (χ2v) is 19.2. The summed E-state index contributed by atoms with van der Waals surface area (Å²) in [6, 6.07) is 5.70. The van der Waals surface area contributed by atoms with Gasteiger partial charge in [-0.15, -0.1) is 0 Å². The summed E-state index contributed by atoms with van der Waals surface area (Å²) in [6.45, 7) is 9.89. The molecule has 0 aromatic carbocycles. The number of carboxylic acids is 4. The van der Waals surface area contributed by atoms with Crippen molar-refractivity contribution in [2.24, 2.45) is 0 Å². The van der Waals surface area contributed by atoms with Crippen molar-refractivity contribution in [3.05, 3.63) is 69.1 Å². The van der Waals surface area contributed by atoms with E-state index in [-0.39, 0.29) is 35.7 Å². The van der Waals surface area contributed by atoms with Gasteiger partial charge in [0.2, 0.25) is 17.7 Å². The first kappa shape index (κ1) is 56.5. The minimum atomic E-state index is -1.57. The number of carbonyl (C=O) groups is 9. The first-order chi connectivity index (χ1) is 35.5. The standard InChI is InChI=1S/C53H66N8O14/c1-9-12-16-61-52(73)48-30(7)37-19-38-32(11-3)27(4)34(54-38)20-39-47(31(8)75-17-13-10-2)29(6)36(55-39)18-35-28(5)33(50(56-35)49(53(61)74)51(48)57-37)14-15-40(62)58(21-41(63)59(23-43(65)66)24-44(67)68)22-42(64)60(25-45(69)70)26-46(71)72/h18-20,28,31,33,56-57H,9-17,21-26H2,1-8H3,(H,65,66)(H,67,68)(H,69,70)(H,71,72)/t28-,31?,33-/m0/s1. The molecule has 22 nitrogen and oxygen atoms in total. The third kappa shape index (κ3) is 12.4. The number of hydrogen-bond donors (Lipinski definition) is 6. The summed E-state index contributed by atoms with van der Waals surface area (Å²) in [6.07, 6.45) is 2.68. The Hall–Kier alpha value is -7.75. The fourth-order valence-corrected chi connectivity index (χ4v) is 10.0. The molecule has 0 saturated heterocycles. The largest absolute Gasteiger partial charge is 0.480 e. The first-order valence-electron chi connectivity index (χ1n) is 25.2. The van der Waals surface area contributed by atoms with Crippen LogP contribution in [-0.4, -0.2) is 172 Å². The van der Waals surface area contributed by atoms with E-state index in [0.717, 1.165) is 35.1 Å². The van der Waals surface area contributed by atoms with Crippen LogP contribution in [0.1, 0.15) is 166 Å². The molecule has 0 aliphatic carbocycles. The average molecular weight is 1040 g/mol. The number of allylic oxidation sites excluding steroid dienone is 3. The maximum atomic E-state index is 15.1. The number of unbranched alkanes of at least 4 members (excludes halogenated alkanes) is 2. The molecule has 0 spiro atoms. The zero-order chi connectivity index (χ0) is 55.2. The third-order valence-electron chi connectivity index (χ3n) is 14.1. The highest BCUT2D eigenvalue weighted by atomic mass is 16.5. The molecule has 22 heteroatoms. The van der Waals surface area contributed by atoms with Crippen LogP contribution in [0, 0.1) is 6.92 Å². The van der Waals surface area contributed by atoms with Gasteiger partial charge in [0.05, 0.1) is 45.5 Å². The topological polar surface area (TPSA) is 314 Å². The lowest BCUT2D eigenvalue weighted by atomic mass is 9.84. The Morgan fingerprint density at radius 1 is 0.680 bits per heavy atom. The number of nitrogens with zero attached hydrogens (tertiary/aromatic N) is 6. The summed E-state index contributed by atoms with van der Waals surface area (Å²) < 4.78 is 6.37. The summed E-state index contributed by atoms with van der Waals surface area (Å²) in [7, 11) is 0. The van der Waals surface area contributed by atoms with Crippen molar-refractivity contribution in [2.45, 2.75) is 118 Å². The molecule has 6 N–H and O–H groups in total. The number of carbonyl (C=O) groups excluding carboxylic acids is 5. The highest BCUT2D eigenvalue weighted by Gasteiger charge is 2.41. The fraction of sp³-hybridized carbons (Fsp3) is 0.491. The van der Waals surface area contributed by atoms with Gasteiger partial charge in [-0.1, -0.05) is 40.5 Å². The molecule has 8 bridgehead atoms. The van der Waals surface area contributed by atoms with Gasteiger partial charge in [-0.2, -0.15) is 0 Å². The minimum Gasteiger partial charge on any atom is -0.480 e. The third-order valence-corrected chi connectivity index (χ3v) is 14.1. The minimum absolute atomic E-state index is 0.0900. The number of aliphatic carboxylic acids is 4. The average Bonchev–Trinajstić information content (AvgIpc) is 4.02. The number of H-pyrrole nitrogens is 2. The lowest BCUT2D eigenvalue weighted by molar-refractivity contribution is -0.153. The predicted octanol–water partition coefficient (Wildman–Crippen LogP) is 5.71. The second-order valence-electron chi connectivity index (χ2n) is 19.2. The van der Waals surface area contributed by atoms with Gasteiger partial charge in [0.25, 0.3) is 11.8 Å². The lowest BCUT2D eigenvalue weighted by Gasteiger charge is -2.29. The summed E-state index contributed by atoms with van der Waals surface area (Å²) in [5, 5.41) is 38.0. The number of ether oxygens (including phenoxy) is 1. The van der Waals surface area contributed by atoms with E-state index in [0.29, 0.717) is 85.8 Å². The second kappa shape index (κ2) is 24.1. The number of imide groups is 1. The Morgan fingerprint density at radius 2 is 1.21 bits per heavy atom. The van der Waals surface area contributed by atoms with E-state index in [1.165, 1.54) is 4.90 Å². The number of nitrogens with one attached hydrogen (secondary N) is 2. The van der Waals surface area contributed by atoms with Gasteiger partial charge in [0.15, 0.2) is 0 Å². The maximum Gasteiger partial charge on any atom is 0.323 e. The van der Waals surface area contributed by atoms with Crippen LogP contribution < -0.4 is 0 Å². The zero-order valence-electron chi connectivity index (χ0n) is 43.6. The molecular formula is C53H66N8O14.